The Bertz CT molecular complexity index is 2040. The summed E-state index contributed by atoms with van der Waals surface area (Å²) in [7, 11) is 3.50. The van der Waals surface area contributed by atoms with E-state index in [1.165, 1.54) is 55.8 Å². The van der Waals surface area contributed by atoms with Crippen LogP contribution in [0.15, 0.2) is 88.1 Å². The van der Waals surface area contributed by atoms with E-state index in [0.717, 1.165) is 61.7 Å². The van der Waals surface area contributed by atoms with E-state index in [1.807, 2.05) is 45.1 Å². The number of halogens is 1. The maximum absolute atomic E-state index is 13.6. The summed E-state index contributed by atoms with van der Waals surface area (Å²) in [6.07, 6.45) is 12.7. The van der Waals surface area contributed by atoms with Crippen LogP contribution in [0.1, 0.15) is 68.4 Å². The van der Waals surface area contributed by atoms with Gasteiger partial charge in [0.15, 0.2) is 0 Å². The molecule has 9 nitrogen and oxygen atoms in total. The predicted octanol–water partition coefficient (Wildman–Crippen LogP) is 10.3. The highest BCUT2D eigenvalue weighted by Crippen LogP contribution is 2.50. The summed E-state index contributed by atoms with van der Waals surface area (Å²) in [4.78, 5) is 35.5. The van der Waals surface area contributed by atoms with E-state index in [4.69, 9.17) is 9.53 Å². The molecule has 1 amide bonds. The lowest BCUT2D eigenvalue weighted by molar-refractivity contribution is -0.165. The van der Waals surface area contributed by atoms with Gasteiger partial charge in [0.25, 0.3) is 0 Å². The Kier molecular flexibility index (Phi) is 16.0. The molecule has 2 aliphatic heterocycles. The number of allylic oxidation sites excluding steroid dienone is 5. The number of nitrogens with zero attached hydrogens (tertiary/aromatic N) is 4. The predicted molar refractivity (Wildman–Crippen MR) is 237 cm³/mol. The van der Waals surface area contributed by atoms with E-state index in [2.05, 4.69) is 113 Å². The van der Waals surface area contributed by atoms with Crippen molar-refractivity contribution in [2.24, 2.45) is 15.9 Å². The summed E-state index contributed by atoms with van der Waals surface area (Å²) >= 11 is 1.77. The smallest absolute Gasteiger partial charge is 0.337 e. The number of methoxy groups -OCH3 is 1. The molecule has 1 N–H and O–H groups in total. The maximum atomic E-state index is 13.6. The summed E-state index contributed by atoms with van der Waals surface area (Å²) in [5.74, 6) is 0.860. The number of carbonyl (C=O) groups is 2. The number of benzene rings is 3. The molecule has 3 aromatic rings. The average Bonchev–Trinajstić information content (AvgIpc) is 3.22. The second kappa shape index (κ2) is 20.4. The zero-order valence-corrected chi connectivity index (χ0v) is 36.0. The topological polar surface area (TPSA) is 95.8 Å². The molecule has 0 radical (unpaired) electrons. The Morgan fingerprint density at radius 2 is 1.67 bits per heavy atom. The number of likely N-dealkylation sites (tertiary alicyclic amines) is 1. The summed E-state index contributed by atoms with van der Waals surface area (Å²) in [6.45, 7) is 20.9. The fraction of sp³-hybridized carbons (Fsp3) is 0.391. The third-order valence-corrected chi connectivity index (χ3v) is 11.3. The number of amides is 1. The van der Waals surface area contributed by atoms with Crippen LogP contribution in [-0.4, -0.2) is 68.8 Å². The SMILES string of the molecule is C=N/C(=C1/C=CC=CC1=NC)N1CCC(C(=O)Nc2ccc3c(c2)CN(SC)c2c(C)c(CC)c(-c4ccc(C)cc4)c(C)c2-3)CC1.COC(C)(C)C.O=COF. The number of piperidine rings is 1. The van der Waals surface area contributed by atoms with Gasteiger partial charge in [-0.3, -0.25) is 19.5 Å². The molecule has 0 unspecified atom stereocenters. The van der Waals surface area contributed by atoms with Gasteiger partial charge in [0.2, 0.25) is 5.91 Å². The molecule has 57 heavy (non-hydrogen) atoms. The zero-order chi connectivity index (χ0) is 41.9. The number of nitrogens with one attached hydrogen (secondary N) is 1. The fourth-order valence-corrected chi connectivity index (χ4v) is 8.17. The first-order valence-electron chi connectivity index (χ1n) is 19.3. The number of hydrogen-bond donors (Lipinski definition) is 1. The molecule has 1 aliphatic carbocycles. The standard InChI is InChI=1S/C40H45N5OS.C5H12O.CHFO2/c1-8-32-26(3)38-37(27(4)36(32)28-15-13-25(2)14-16-28)33-18-17-31(23-30(33)24-45(38)47-7)43-40(46)29-19-21-44(22-20-29)39(42-6)34-11-9-10-12-35(34)41-5;1-5(2,3)6-4;2-4-1-3/h9-18,23,29H,6,8,19-22,24H2,1-5,7H3,(H,43,46);1-4H3;1H/b39-34+,41-35?;;. The molecular formula is C46H58FN5O4S. The number of ether oxygens (including phenoxy) is 1. The van der Waals surface area contributed by atoms with Crippen molar-refractivity contribution < 1.29 is 23.8 Å². The number of anilines is 2. The first-order valence-corrected chi connectivity index (χ1v) is 20.5. The lowest BCUT2D eigenvalue weighted by atomic mass is 9.81. The Morgan fingerprint density at radius 1 is 1.04 bits per heavy atom. The van der Waals surface area contributed by atoms with Crippen LogP contribution in [0.2, 0.25) is 0 Å². The van der Waals surface area contributed by atoms with Gasteiger partial charge in [-0.05, 0) is 131 Å². The van der Waals surface area contributed by atoms with E-state index >= 15 is 0 Å². The van der Waals surface area contributed by atoms with Crippen LogP contribution < -0.4 is 9.62 Å². The molecule has 11 heteroatoms. The first kappa shape index (κ1) is 44.7. The van der Waals surface area contributed by atoms with Crippen LogP contribution in [-0.2, 0) is 32.2 Å². The molecule has 1 fully saturated rings. The van der Waals surface area contributed by atoms with E-state index in [1.54, 1.807) is 26.1 Å². The highest BCUT2D eigenvalue weighted by Gasteiger charge is 2.31. The third-order valence-electron chi connectivity index (χ3n) is 10.6. The van der Waals surface area contributed by atoms with Crippen molar-refractivity contribution in [2.45, 2.75) is 79.9 Å². The normalized spacial score (nSPS) is 16.4. The van der Waals surface area contributed by atoms with Crippen LogP contribution in [0.5, 0.6) is 0 Å². The minimum atomic E-state index is -0.292. The van der Waals surface area contributed by atoms with E-state index in [-0.39, 0.29) is 23.9 Å². The first-order chi connectivity index (χ1) is 27.3. The van der Waals surface area contributed by atoms with Gasteiger partial charge in [0.1, 0.15) is 5.82 Å². The molecule has 3 aromatic carbocycles. The van der Waals surface area contributed by atoms with E-state index < -0.39 is 0 Å². The summed E-state index contributed by atoms with van der Waals surface area (Å²) in [5.41, 5.74) is 15.9. The average molecular weight is 796 g/mol. The largest absolute Gasteiger partial charge is 0.379 e. The lowest BCUT2D eigenvalue weighted by Gasteiger charge is -2.36. The summed E-state index contributed by atoms with van der Waals surface area (Å²) < 4.78 is 17.2. The van der Waals surface area contributed by atoms with Crippen LogP contribution in [0.25, 0.3) is 22.3 Å². The number of aryl methyl sites for hydroxylation is 1. The quantitative estimate of drug-likeness (QED) is 0.138. The minimum Gasteiger partial charge on any atom is -0.379 e. The number of aliphatic imine (C=N–C) groups is 2. The van der Waals surface area contributed by atoms with Gasteiger partial charge in [-0.25, -0.2) is 4.99 Å². The van der Waals surface area contributed by atoms with Gasteiger partial charge >= 0.3 is 6.47 Å². The Balaban J connectivity index is 0.000000643. The van der Waals surface area contributed by atoms with Crippen molar-refractivity contribution in [1.82, 2.24) is 4.90 Å². The molecule has 0 atom stereocenters. The van der Waals surface area contributed by atoms with Gasteiger partial charge < -0.3 is 19.3 Å². The molecule has 1 saturated heterocycles. The fourth-order valence-electron chi connectivity index (χ4n) is 7.49. The number of rotatable bonds is 8. The molecule has 2 heterocycles. The Hall–Kier alpha value is -5.00. The summed E-state index contributed by atoms with van der Waals surface area (Å²) in [5, 5.41) is 3.27. The van der Waals surface area contributed by atoms with Crippen LogP contribution >= 0.6 is 11.9 Å². The van der Waals surface area contributed by atoms with Gasteiger partial charge in [-0.15, -0.1) is 0 Å². The van der Waals surface area contributed by atoms with Crippen molar-refractivity contribution in [3.63, 3.8) is 0 Å². The van der Waals surface area contributed by atoms with E-state index in [9.17, 15) is 9.32 Å². The van der Waals surface area contributed by atoms with Crippen molar-refractivity contribution in [3.8, 4) is 22.3 Å². The molecule has 3 aliphatic rings. The minimum absolute atomic E-state index is 0.0417. The van der Waals surface area contributed by atoms with Gasteiger partial charge in [-0.2, -0.15) is 0 Å². The molecule has 0 aromatic heterocycles. The second-order valence-electron chi connectivity index (χ2n) is 15.1. The molecule has 6 rings (SSSR count). The van der Waals surface area contributed by atoms with Crippen molar-refractivity contribution >= 4 is 48.1 Å². The molecule has 0 spiro atoms. The molecule has 304 valence electrons. The van der Waals surface area contributed by atoms with Crippen molar-refractivity contribution in [2.75, 3.05) is 43.1 Å². The Labute approximate surface area is 342 Å². The highest BCUT2D eigenvalue weighted by molar-refractivity contribution is 7.99. The zero-order valence-electron chi connectivity index (χ0n) is 35.2. The van der Waals surface area contributed by atoms with Gasteiger partial charge in [0, 0.05) is 60.8 Å². The number of carbonyl (C=O) groups excluding carboxylic acids is 2. The maximum Gasteiger partial charge on any atom is 0.337 e. The van der Waals surface area contributed by atoms with Crippen LogP contribution in [0.4, 0.5) is 15.9 Å². The molecule has 0 bridgehead atoms. The van der Waals surface area contributed by atoms with Crippen LogP contribution in [0, 0.1) is 26.7 Å². The molecule has 0 saturated carbocycles. The molecular weight excluding hydrogens is 738 g/mol. The van der Waals surface area contributed by atoms with Gasteiger partial charge in [-0.1, -0.05) is 66.9 Å². The number of hydrogen-bond acceptors (Lipinski definition) is 9. The van der Waals surface area contributed by atoms with E-state index in [0.29, 0.717) is 0 Å². The van der Waals surface area contributed by atoms with Crippen molar-refractivity contribution in [1.29, 1.82) is 0 Å². The highest BCUT2D eigenvalue weighted by atomic mass is 32.2. The van der Waals surface area contributed by atoms with Crippen LogP contribution in [0.3, 0.4) is 0 Å². The lowest BCUT2D eigenvalue weighted by Crippen LogP contribution is -2.38. The third kappa shape index (κ3) is 10.7. The number of fused-ring (bicyclic) bond motifs is 3. The van der Waals surface area contributed by atoms with Crippen molar-refractivity contribution in [3.05, 3.63) is 106 Å². The Morgan fingerprint density at radius 3 is 2.21 bits per heavy atom. The van der Waals surface area contributed by atoms with Gasteiger partial charge in [0.05, 0.1) is 23.5 Å². The summed E-state index contributed by atoms with van der Waals surface area (Å²) in [6, 6.07) is 15.4. The monoisotopic (exact) mass is 795 g/mol. The second-order valence-corrected chi connectivity index (χ2v) is 15.9.